The van der Waals surface area contributed by atoms with Gasteiger partial charge in [0.1, 0.15) is 23.3 Å². The van der Waals surface area contributed by atoms with Gasteiger partial charge in [0.25, 0.3) is 0 Å². The molecule has 3 aromatic carbocycles. The van der Waals surface area contributed by atoms with Gasteiger partial charge in [-0.3, -0.25) is 4.98 Å². The zero-order valence-corrected chi connectivity index (χ0v) is 22.5. The number of methoxy groups -OCH3 is 1. The average Bonchev–Trinajstić information content (AvgIpc) is 3.59. The van der Waals surface area contributed by atoms with E-state index in [0.717, 1.165) is 45.6 Å². The summed E-state index contributed by atoms with van der Waals surface area (Å²) in [6.45, 7) is 2.04. The minimum Gasteiger partial charge on any atom is -0.497 e. The van der Waals surface area contributed by atoms with Crippen molar-refractivity contribution in [2.24, 2.45) is 0 Å². The zero-order chi connectivity index (χ0) is 26.8. The fourth-order valence-corrected chi connectivity index (χ4v) is 5.38. The van der Waals surface area contributed by atoms with Crippen molar-refractivity contribution in [2.45, 2.75) is 19.0 Å². The van der Waals surface area contributed by atoms with E-state index in [4.69, 9.17) is 21.7 Å². The molecule has 1 fully saturated rings. The molecule has 1 saturated heterocycles. The molecule has 7 heteroatoms. The molecule has 0 bridgehead atoms. The predicted molar refractivity (Wildman–Crippen MR) is 158 cm³/mol. The van der Waals surface area contributed by atoms with Crippen molar-refractivity contribution in [1.29, 1.82) is 0 Å². The Bertz CT molecular complexity index is 1600. The number of para-hydroxylation sites is 1. The second-order valence-electron chi connectivity index (χ2n) is 9.36. The number of nitrogens with one attached hydrogen (secondary N) is 1. The third-order valence-corrected chi connectivity index (χ3v) is 7.26. The summed E-state index contributed by atoms with van der Waals surface area (Å²) in [6.07, 6.45) is 3.89. The van der Waals surface area contributed by atoms with Gasteiger partial charge in [0.2, 0.25) is 0 Å². The summed E-state index contributed by atoms with van der Waals surface area (Å²) in [4.78, 5) is 6.85. The highest BCUT2D eigenvalue weighted by Gasteiger charge is 2.42. The number of rotatable bonds is 7. The van der Waals surface area contributed by atoms with Gasteiger partial charge >= 0.3 is 0 Å². The highest BCUT2D eigenvalue weighted by atomic mass is 32.1. The Labute approximate surface area is 233 Å². The molecule has 3 heterocycles. The SMILES string of the molecule is COc1cccc(-n2cccc2C2C(c3ccccn3)NC(=S)N2c2ccc(Oc3ccccc3C)cc2)c1. The predicted octanol–water partition coefficient (Wildman–Crippen LogP) is 7.16. The molecule has 0 spiro atoms. The van der Waals surface area contributed by atoms with E-state index in [1.54, 1.807) is 7.11 Å². The Morgan fingerprint density at radius 1 is 0.821 bits per heavy atom. The van der Waals surface area contributed by atoms with Crippen molar-refractivity contribution in [1.82, 2.24) is 14.9 Å². The van der Waals surface area contributed by atoms with Gasteiger partial charge < -0.3 is 24.3 Å². The van der Waals surface area contributed by atoms with Gasteiger partial charge in [0.15, 0.2) is 5.11 Å². The quantitative estimate of drug-likeness (QED) is 0.225. The molecule has 194 valence electrons. The van der Waals surface area contributed by atoms with E-state index in [2.05, 4.69) is 44.2 Å². The van der Waals surface area contributed by atoms with Crippen LogP contribution in [-0.2, 0) is 0 Å². The normalized spacial score (nSPS) is 16.7. The van der Waals surface area contributed by atoms with E-state index >= 15 is 0 Å². The summed E-state index contributed by atoms with van der Waals surface area (Å²) in [7, 11) is 1.68. The second-order valence-corrected chi connectivity index (χ2v) is 9.75. The van der Waals surface area contributed by atoms with Gasteiger partial charge in [0, 0.05) is 35.5 Å². The van der Waals surface area contributed by atoms with E-state index in [9.17, 15) is 0 Å². The molecule has 6 nitrogen and oxygen atoms in total. The van der Waals surface area contributed by atoms with Gasteiger partial charge in [-0.05, 0) is 91.4 Å². The summed E-state index contributed by atoms with van der Waals surface area (Å²) in [6, 6.07) is 34.0. The van der Waals surface area contributed by atoms with Crippen LogP contribution in [0.3, 0.4) is 0 Å². The van der Waals surface area contributed by atoms with E-state index in [1.165, 1.54) is 0 Å². The maximum Gasteiger partial charge on any atom is 0.174 e. The van der Waals surface area contributed by atoms with Crippen LogP contribution in [-0.4, -0.2) is 21.8 Å². The number of pyridine rings is 1. The molecule has 39 heavy (non-hydrogen) atoms. The molecule has 6 rings (SSSR count). The molecule has 2 aromatic heterocycles. The van der Waals surface area contributed by atoms with Crippen LogP contribution >= 0.6 is 12.2 Å². The van der Waals surface area contributed by atoms with E-state index in [1.807, 2.05) is 98.0 Å². The smallest absolute Gasteiger partial charge is 0.174 e. The first-order chi connectivity index (χ1) is 19.1. The van der Waals surface area contributed by atoms with Gasteiger partial charge in [-0.25, -0.2) is 0 Å². The van der Waals surface area contributed by atoms with Crippen LogP contribution in [0.2, 0.25) is 0 Å². The van der Waals surface area contributed by atoms with Crippen LogP contribution in [0.15, 0.2) is 116 Å². The third kappa shape index (κ3) is 4.84. The van der Waals surface area contributed by atoms with Crippen molar-refractivity contribution in [2.75, 3.05) is 12.0 Å². The standard InChI is InChI=1S/C32H28N4O2S/c1-22-9-3-4-14-29(22)38-25-17-15-23(16-18-25)36-31(30(34-32(36)39)27-12-5-6-19-33-27)28-13-8-20-35(28)24-10-7-11-26(21-24)37-2/h3-21,30-31H,1-2H3,(H,34,39). The molecular weight excluding hydrogens is 504 g/mol. The van der Waals surface area contributed by atoms with Crippen molar-refractivity contribution >= 4 is 23.0 Å². The first-order valence-corrected chi connectivity index (χ1v) is 13.2. The molecule has 0 saturated carbocycles. The maximum atomic E-state index is 6.15. The number of nitrogens with zero attached hydrogens (tertiary/aromatic N) is 3. The zero-order valence-electron chi connectivity index (χ0n) is 21.7. The fourth-order valence-electron chi connectivity index (χ4n) is 5.04. The van der Waals surface area contributed by atoms with Crippen LogP contribution in [0.1, 0.15) is 29.0 Å². The Morgan fingerprint density at radius 3 is 2.41 bits per heavy atom. The maximum absolute atomic E-state index is 6.15. The lowest BCUT2D eigenvalue weighted by atomic mass is 10.0. The van der Waals surface area contributed by atoms with Gasteiger partial charge in [-0.2, -0.15) is 0 Å². The van der Waals surface area contributed by atoms with E-state index < -0.39 is 0 Å². The number of thiocarbonyl (C=S) groups is 1. The van der Waals surface area contributed by atoms with Gasteiger partial charge in [0.05, 0.1) is 18.8 Å². The number of hydrogen-bond acceptors (Lipinski definition) is 4. The summed E-state index contributed by atoms with van der Waals surface area (Å²) in [5, 5.41) is 4.19. The van der Waals surface area contributed by atoms with Crippen molar-refractivity contribution in [3.05, 3.63) is 132 Å². The van der Waals surface area contributed by atoms with Crippen molar-refractivity contribution in [3.8, 4) is 22.9 Å². The van der Waals surface area contributed by atoms with Crippen molar-refractivity contribution in [3.63, 3.8) is 0 Å². The molecule has 1 aliphatic heterocycles. The Morgan fingerprint density at radius 2 is 1.64 bits per heavy atom. The van der Waals surface area contributed by atoms with Crippen LogP contribution in [0, 0.1) is 6.92 Å². The number of ether oxygens (including phenoxy) is 2. The number of aryl methyl sites for hydroxylation is 1. The molecule has 5 aromatic rings. The van der Waals surface area contributed by atoms with Crippen molar-refractivity contribution < 1.29 is 9.47 Å². The molecule has 0 radical (unpaired) electrons. The lowest BCUT2D eigenvalue weighted by Gasteiger charge is -2.29. The molecular formula is C32H28N4O2S. The minimum atomic E-state index is -0.156. The highest BCUT2D eigenvalue weighted by molar-refractivity contribution is 7.80. The number of anilines is 1. The van der Waals surface area contributed by atoms with Crippen LogP contribution in [0.5, 0.6) is 17.2 Å². The third-order valence-electron chi connectivity index (χ3n) is 6.95. The Balaban J connectivity index is 1.40. The summed E-state index contributed by atoms with van der Waals surface area (Å²) >= 11 is 5.93. The fraction of sp³-hybridized carbons (Fsp3) is 0.125. The van der Waals surface area contributed by atoms with Gasteiger partial charge in [-0.15, -0.1) is 0 Å². The summed E-state index contributed by atoms with van der Waals surface area (Å²) in [5.74, 6) is 2.41. The molecule has 2 atom stereocenters. The van der Waals surface area contributed by atoms with E-state index in [0.29, 0.717) is 5.11 Å². The molecule has 2 unspecified atom stereocenters. The number of benzene rings is 3. The topological polar surface area (TPSA) is 51.5 Å². The molecule has 1 aliphatic rings. The lowest BCUT2D eigenvalue weighted by molar-refractivity contribution is 0.414. The van der Waals surface area contributed by atoms with E-state index in [-0.39, 0.29) is 12.1 Å². The lowest BCUT2D eigenvalue weighted by Crippen LogP contribution is -2.30. The van der Waals surface area contributed by atoms with Crippen LogP contribution in [0.4, 0.5) is 5.69 Å². The summed E-state index contributed by atoms with van der Waals surface area (Å²) < 4.78 is 13.8. The number of hydrogen-bond donors (Lipinski definition) is 1. The Hall–Kier alpha value is -4.62. The molecule has 0 amide bonds. The average molecular weight is 533 g/mol. The second kappa shape index (κ2) is 10.6. The minimum absolute atomic E-state index is 0.152. The molecule has 1 N–H and O–H groups in total. The molecule has 0 aliphatic carbocycles. The number of aromatic nitrogens is 2. The largest absolute Gasteiger partial charge is 0.497 e. The van der Waals surface area contributed by atoms with Crippen LogP contribution in [0.25, 0.3) is 5.69 Å². The summed E-state index contributed by atoms with van der Waals surface area (Å²) in [5.41, 5.74) is 5.06. The van der Waals surface area contributed by atoms with Crippen LogP contribution < -0.4 is 19.7 Å². The first-order valence-electron chi connectivity index (χ1n) is 12.8. The monoisotopic (exact) mass is 532 g/mol. The highest BCUT2D eigenvalue weighted by Crippen LogP contribution is 2.43. The van der Waals surface area contributed by atoms with Gasteiger partial charge in [-0.1, -0.05) is 30.3 Å². The Kier molecular flexibility index (Phi) is 6.73. The first kappa shape index (κ1) is 24.7.